The molecule has 0 saturated carbocycles. The minimum absolute atomic E-state index is 1.09. The highest BCUT2D eigenvalue weighted by atomic mass is 15.1. The zero-order valence-electron chi connectivity index (χ0n) is 33.8. The molecule has 0 aromatic heterocycles. The van der Waals surface area contributed by atoms with Crippen LogP contribution in [0.5, 0.6) is 0 Å². The van der Waals surface area contributed by atoms with Gasteiger partial charge in [-0.25, -0.2) is 0 Å². The van der Waals surface area contributed by atoms with Crippen molar-refractivity contribution in [3.8, 4) is 77.9 Å². The molecule has 0 aliphatic carbocycles. The standard InChI is InChI=1S/C60H43N/c1-4-13-44(14-5-1)47-23-25-50(26-24-47)51-35-39-56(40-36-51)61(58-20-12-19-55(43-58)52-29-27-48(28-30-52)45-15-6-2-7-16-45)57-41-37-54(38-42-57)60-22-11-10-21-59(60)53-33-31-49(32-34-53)46-17-8-3-9-18-46/h1-43H. The Labute approximate surface area is 359 Å². The third-order valence-corrected chi connectivity index (χ3v) is 11.5. The van der Waals surface area contributed by atoms with Gasteiger partial charge in [0.25, 0.3) is 0 Å². The predicted molar refractivity (Wildman–Crippen MR) is 259 cm³/mol. The van der Waals surface area contributed by atoms with Crippen LogP contribution in [-0.2, 0) is 0 Å². The summed E-state index contributed by atoms with van der Waals surface area (Å²) in [7, 11) is 0. The van der Waals surface area contributed by atoms with Crippen LogP contribution in [0, 0.1) is 0 Å². The fourth-order valence-electron chi connectivity index (χ4n) is 8.30. The molecule has 0 atom stereocenters. The number of hydrogen-bond donors (Lipinski definition) is 0. The summed E-state index contributed by atoms with van der Waals surface area (Å²) in [5, 5.41) is 0. The van der Waals surface area contributed by atoms with Gasteiger partial charge in [0, 0.05) is 17.1 Å². The molecule has 61 heavy (non-hydrogen) atoms. The molecule has 0 amide bonds. The SMILES string of the molecule is c1ccc(-c2ccc(-c3ccc(N(c4ccc(-c5ccccc5-c5ccc(-c6ccccc6)cc5)cc4)c4cccc(-c5ccc(-c6ccccc6)cc5)c4)cc3)cc2)cc1. The van der Waals surface area contributed by atoms with Crippen molar-refractivity contribution in [2.45, 2.75) is 0 Å². The molecule has 0 radical (unpaired) electrons. The van der Waals surface area contributed by atoms with Crippen LogP contribution in [0.3, 0.4) is 0 Å². The molecule has 0 N–H and O–H groups in total. The minimum Gasteiger partial charge on any atom is -0.310 e. The van der Waals surface area contributed by atoms with Gasteiger partial charge in [0.2, 0.25) is 0 Å². The second kappa shape index (κ2) is 17.1. The van der Waals surface area contributed by atoms with Gasteiger partial charge in [-0.05, 0) is 114 Å². The first kappa shape index (κ1) is 37.3. The Balaban J connectivity index is 0.989. The normalized spacial score (nSPS) is 11.0. The quantitative estimate of drug-likeness (QED) is 0.134. The van der Waals surface area contributed by atoms with Crippen LogP contribution in [0.15, 0.2) is 261 Å². The Morgan fingerprint density at radius 1 is 0.164 bits per heavy atom. The lowest BCUT2D eigenvalue weighted by molar-refractivity contribution is 1.28. The largest absolute Gasteiger partial charge is 0.310 e. The Bertz CT molecular complexity index is 2990. The molecule has 1 heteroatoms. The van der Waals surface area contributed by atoms with Gasteiger partial charge in [-0.1, -0.05) is 224 Å². The minimum atomic E-state index is 1.09. The van der Waals surface area contributed by atoms with Gasteiger partial charge in [0.15, 0.2) is 0 Å². The second-order valence-corrected chi connectivity index (χ2v) is 15.4. The van der Waals surface area contributed by atoms with E-state index in [2.05, 4.69) is 266 Å². The van der Waals surface area contributed by atoms with E-state index in [1.165, 1.54) is 77.9 Å². The molecule has 0 unspecified atom stereocenters. The van der Waals surface area contributed by atoms with Crippen molar-refractivity contribution in [3.63, 3.8) is 0 Å². The van der Waals surface area contributed by atoms with E-state index in [-0.39, 0.29) is 0 Å². The van der Waals surface area contributed by atoms with Gasteiger partial charge in [-0.3, -0.25) is 0 Å². The molecular formula is C60H43N. The zero-order valence-corrected chi connectivity index (χ0v) is 33.8. The number of hydrogen-bond acceptors (Lipinski definition) is 1. The van der Waals surface area contributed by atoms with Gasteiger partial charge >= 0.3 is 0 Å². The van der Waals surface area contributed by atoms with Crippen LogP contribution < -0.4 is 4.90 Å². The number of benzene rings is 10. The lowest BCUT2D eigenvalue weighted by atomic mass is 9.93. The van der Waals surface area contributed by atoms with Crippen LogP contribution in [0.2, 0.25) is 0 Å². The summed E-state index contributed by atoms with van der Waals surface area (Å²) in [6.45, 7) is 0. The van der Waals surface area contributed by atoms with Crippen LogP contribution in [-0.4, -0.2) is 0 Å². The lowest BCUT2D eigenvalue weighted by Crippen LogP contribution is -2.10. The molecule has 0 saturated heterocycles. The van der Waals surface area contributed by atoms with Crippen LogP contribution in [0.4, 0.5) is 17.1 Å². The zero-order chi connectivity index (χ0) is 40.8. The molecule has 0 aliphatic heterocycles. The van der Waals surface area contributed by atoms with E-state index >= 15 is 0 Å². The first-order valence-corrected chi connectivity index (χ1v) is 20.9. The molecule has 10 rings (SSSR count). The highest BCUT2D eigenvalue weighted by Gasteiger charge is 2.16. The maximum atomic E-state index is 2.36. The van der Waals surface area contributed by atoms with Crippen LogP contribution in [0.1, 0.15) is 0 Å². The first-order chi connectivity index (χ1) is 30.2. The van der Waals surface area contributed by atoms with Crippen LogP contribution >= 0.6 is 0 Å². The predicted octanol–water partition coefficient (Wildman–Crippen LogP) is 16.8. The summed E-state index contributed by atoms with van der Waals surface area (Å²) < 4.78 is 0. The number of anilines is 3. The highest BCUT2D eigenvalue weighted by Crippen LogP contribution is 2.40. The fraction of sp³-hybridized carbons (Fsp3) is 0. The maximum Gasteiger partial charge on any atom is 0.0467 e. The first-order valence-electron chi connectivity index (χ1n) is 20.9. The van der Waals surface area contributed by atoms with Crippen molar-refractivity contribution in [1.82, 2.24) is 0 Å². The van der Waals surface area contributed by atoms with Crippen LogP contribution in [0.25, 0.3) is 77.9 Å². The summed E-state index contributed by atoms with van der Waals surface area (Å²) in [6.07, 6.45) is 0. The van der Waals surface area contributed by atoms with E-state index in [1.54, 1.807) is 0 Å². The molecule has 10 aromatic carbocycles. The summed E-state index contributed by atoms with van der Waals surface area (Å²) in [6, 6.07) is 93.9. The van der Waals surface area contributed by atoms with Crippen molar-refractivity contribution < 1.29 is 0 Å². The van der Waals surface area contributed by atoms with Crippen molar-refractivity contribution in [2.75, 3.05) is 4.90 Å². The third kappa shape index (κ3) is 8.06. The molecule has 0 bridgehead atoms. The Kier molecular flexibility index (Phi) is 10.4. The van der Waals surface area contributed by atoms with Gasteiger partial charge in [-0.15, -0.1) is 0 Å². The lowest BCUT2D eigenvalue weighted by Gasteiger charge is -2.26. The van der Waals surface area contributed by atoms with Crippen molar-refractivity contribution in [2.24, 2.45) is 0 Å². The molecule has 10 aromatic rings. The molecular weight excluding hydrogens is 735 g/mol. The van der Waals surface area contributed by atoms with Gasteiger partial charge < -0.3 is 4.90 Å². The average Bonchev–Trinajstić information content (AvgIpc) is 3.36. The Morgan fingerprint density at radius 2 is 0.426 bits per heavy atom. The molecule has 288 valence electrons. The van der Waals surface area contributed by atoms with Gasteiger partial charge in [0.1, 0.15) is 0 Å². The van der Waals surface area contributed by atoms with Crippen molar-refractivity contribution in [1.29, 1.82) is 0 Å². The Hall–Kier alpha value is -8.00. The van der Waals surface area contributed by atoms with E-state index in [1.807, 2.05) is 0 Å². The van der Waals surface area contributed by atoms with E-state index in [9.17, 15) is 0 Å². The number of rotatable bonds is 10. The molecule has 0 fully saturated rings. The van der Waals surface area contributed by atoms with Gasteiger partial charge in [0.05, 0.1) is 0 Å². The smallest absolute Gasteiger partial charge is 0.0467 e. The van der Waals surface area contributed by atoms with E-state index in [4.69, 9.17) is 0 Å². The van der Waals surface area contributed by atoms with Crippen molar-refractivity contribution >= 4 is 17.1 Å². The summed E-state index contributed by atoms with van der Waals surface area (Å²) in [5.74, 6) is 0. The summed E-state index contributed by atoms with van der Waals surface area (Å²) in [5.41, 5.74) is 20.1. The molecule has 0 spiro atoms. The van der Waals surface area contributed by atoms with Crippen molar-refractivity contribution in [3.05, 3.63) is 261 Å². The fourth-order valence-corrected chi connectivity index (χ4v) is 8.30. The second-order valence-electron chi connectivity index (χ2n) is 15.4. The summed E-state index contributed by atoms with van der Waals surface area (Å²) >= 11 is 0. The number of nitrogens with zero attached hydrogens (tertiary/aromatic N) is 1. The molecule has 0 heterocycles. The third-order valence-electron chi connectivity index (χ3n) is 11.5. The van der Waals surface area contributed by atoms with E-state index in [0.717, 1.165) is 17.1 Å². The summed E-state index contributed by atoms with van der Waals surface area (Å²) in [4.78, 5) is 2.36. The Morgan fingerprint density at radius 3 is 0.803 bits per heavy atom. The highest BCUT2D eigenvalue weighted by molar-refractivity contribution is 5.87. The maximum absolute atomic E-state index is 2.36. The average molecular weight is 778 g/mol. The topological polar surface area (TPSA) is 3.24 Å². The molecule has 1 nitrogen and oxygen atoms in total. The van der Waals surface area contributed by atoms with Gasteiger partial charge in [-0.2, -0.15) is 0 Å². The van der Waals surface area contributed by atoms with E-state index in [0.29, 0.717) is 0 Å². The van der Waals surface area contributed by atoms with E-state index < -0.39 is 0 Å². The molecule has 0 aliphatic rings. The monoisotopic (exact) mass is 777 g/mol.